The second kappa shape index (κ2) is 10.6. The lowest BCUT2D eigenvalue weighted by molar-refractivity contribution is -0.134. The number of carboxylic acids is 2. The van der Waals surface area contributed by atoms with Crippen LogP contribution in [0.5, 0.6) is 0 Å². The molecule has 4 N–H and O–H groups in total. The highest BCUT2D eigenvalue weighted by Gasteiger charge is 2.16. The number of aromatic amines is 1. The maximum Gasteiger partial charge on any atom is 0.413 e. The molecule has 0 aliphatic rings. The van der Waals surface area contributed by atoms with E-state index in [1.165, 1.54) is 7.11 Å². The van der Waals surface area contributed by atoms with Crippen molar-refractivity contribution in [3.8, 4) is 0 Å². The van der Waals surface area contributed by atoms with Crippen LogP contribution in [0.15, 0.2) is 70.5 Å². The fourth-order valence-electron chi connectivity index (χ4n) is 2.13. The van der Waals surface area contributed by atoms with Crippen LogP contribution in [-0.4, -0.2) is 49.9 Å². The standard InChI is InChI=1S/C15H13N3O3S.C4H4O4/c1-21-15(19)18-14-16-12-8-7-11(9-13(12)17-14)22(20)10-5-3-2-4-6-10;5-3(6)1-2-4(7)8/h2-9H,1H3,(H2,16,17,18,19);1-2H,(H,5,6)(H,7,8)/b;2-1+. The normalized spacial score (nSPS) is 11.4. The number of anilines is 1. The quantitative estimate of drug-likeness (QED) is 0.353. The van der Waals surface area contributed by atoms with Crippen molar-refractivity contribution in [3.05, 3.63) is 60.7 Å². The Morgan fingerprint density at radius 1 is 1.07 bits per heavy atom. The highest BCUT2D eigenvalue weighted by atomic mass is 32.2. The van der Waals surface area contributed by atoms with Gasteiger partial charge < -0.3 is 24.5 Å². The average Bonchev–Trinajstić information content (AvgIpc) is 3.14. The third-order valence-electron chi connectivity index (χ3n) is 3.40. The Morgan fingerprint density at radius 3 is 2.27 bits per heavy atom. The minimum atomic E-state index is -1.27. The van der Waals surface area contributed by atoms with E-state index in [0.29, 0.717) is 22.6 Å². The summed E-state index contributed by atoms with van der Waals surface area (Å²) < 4.78 is 17.0. The number of nitrogens with zero attached hydrogens (tertiary/aromatic N) is 1. The average molecular weight is 431 g/mol. The van der Waals surface area contributed by atoms with Crippen LogP contribution in [0.4, 0.5) is 10.7 Å². The highest BCUT2D eigenvalue weighted by Crippen LogP contribution is 2.24. The van der Waals surface area contributed by atoms with Crippen molar-refractivity contribution in [2.24, 2.45) is 0 Å². The molecule has 2 aromatic carbocycles. The molecule has 30 heavy (non-hydrogen) atoms. The Hall–Kier alpha value is -3.83. The predicted octanol–water partition coefficient (Wildman–Crippen LogP) is 2.62. The predicted molar refractivity (Wildman–Crippen MR) is 108 cm³/mol. The molecule has 0 saturated carbocycles. The molecule has 3 aromatic rings. The van der Waals surface area contributed by atoms with E-state index >= 15 is 0 Å². The fourth-order valence-corrected chi connectivity index (χ4v) is 3.22. The molecule has 1 atom stereocenters. The van der Waals surface area contributed by atoms with Crippen molar-refractivity contribution >= 4 is 46.2 Å². The van der Waals surface area contributed by atoms with E-state index < -0.39 is 29.2 Å². The van der Waals surface area contributed by atoms with E-state index in [2.05, 4.69) is 20.0 Å². The molecule has 0 aliphatic heterocycles. The summed E-state index contributed by atoms with van der Waals surface area (Å²) in [4.78, 5) is 38.8. The molecule has 0 aliphatic carbocycles. The van der Waals surface area contributed by atoms with Gasteiger partial charge in [0.2, 0.25) is 5.95 Å². The van der Waals surface area contributed by atoms with E-state index in [4.69, 9.17) is 10.2 Å². The summed E-state index contributed by atoms with van der Waals surface area (Å²) in [5, 5.41) is 18.1. The second-order valence-corrected chi connectivity index (χ2v) is 6.95. The van der Waals surface area contributed by atoms with Gasteiger partial charge in [0.25, 0.3) is 0 Å². The summed E-state index contributed by atoms with van der Waals surface area (Å²) in [5.74, 6) is -2.23. The molecule has 0 fully saturated rings. The Labute approximate surface area is 173 Å². The number of methoxy groups -OCH3 is 1. The molecule has 0 saturated heterocycles. The Bertz CT molecular complexity index is 1050. The van der Waals surface area contributed by atoms with Crippen molar-refractivity contribution < 1.29 is 33.9 Å². The number of amides is 1. The topological polar surface area (TPSA) is 165 Å². The lowest BCUT2D eigenvalue weighted by Crippen LogP contribution is -2.11. The van der Waals surface area contributed by atoms with Crippen molar-refractivity contribution in [1.29, 1.82) is 0 Å². The highest BCUT2D eigenvalue weighted by molar-refractivity contribution is 7.91. The minimum Gasteiger partial charge on any atom is -0.606 e. The van der Waals surface area contributed by atoms with Gasteiger partial charge in [-0.3, -0.25) is 5.32 Å². The zero-order valence-corrected chi connectivity index (χ0v) is 16.4. The van der Waals surface area contributed by atoms with E-state index in [0.717, 1.165) is 10.4 Å². The number of carbonyl (C=O) groups is 3. The number of imidazole rings is 1. The number of carboxylic acid groups (broad SMARTS) is 2. The van der Waals surface area contributed by atoms with Crippen LogP contribution in [0.3, 0.4) is 0 Å². The first-order chi connectivity index (χ1) is 14.3. The largest absolute Gasteiger partial charge is 0.606 e. The number of benzene rings is 2. The molecule has 11 heteroatoms. The second-order valence-electron chi connectivity index (χ2n) is 5.47. The first-order valence-corrected chi connectivity index (χ1v) is 9.40. The number of aliphatic carboxylic acids is 2. The van der Waals surface area contributed by atoms with Gasteiger partial charge in [-0.05, 0) is 24.3 Å². The molecule has 0 bridgehead atoms. The van der Waals surface area contributed by atoms with Crippen LogP contribution in [0.1, 0.15) is 0 Å². The number of carbonyl (C=O) groups excluding carboxylic acids is 1. The van der Waals surface area contributed by atoms with Gasteiger partial charge in [0.15, 0.2) is 9.79 Å². The first-order valence-electron chi connectivity index (χ1n) is 8.25. The van der Waals surface area contributed by atoms with Gasteiger partial charge in [0, 0.05) is 29.4 Å². The number of fused-ring (bicyclic) bond motifs is 1. The van der Waals surface area contributed by atoms with Gasteiger partial charge in [-0.2, -0.15) is 0 Å². The summed E-state index contributed by atoms with van der Waals surface area (Å²) in [6.07, 6.45) is 0.511. The van der Waals surface area contributed by atoms with E-state index in [9.17, 15) is 18.9 Å². The fraction of sp³-hybridized carbons (Fsp3) is 0.0526. The molecule has 3 rings (SSSR count). The lowest BCUT2D eigenvalue weighted by Gasteiger charge is -2.09. The van der Waals surface area contributed by atoms with Crippen LogP contribution in [0.2, 0.25) is 0 Å². The van der Waals surface area contributed by atoms with Crippen molar-refractivity contribution in [2.75, 3.05) is 12.4 Å². The van der Waals surface area contributed by atoms with Gasteiger partial charge in [0.1, 0.15) is 0 Å². The number of H-pyrrole nitrogens is 1. The molecule has 1 amide bonds. The number of nitrogens with one attached hydrogen (secondary N) is 2. The summed E-state index contributed by atoms with van der Waals surface area (Å²) >= 11 is -1.27. The zero-order valence-electron chi connectivity index (χ0n) is 15.6. The van der Waals surface area contributed by atoms with Crippen molar-refractivity contribution in [1.82, 2.24) is 9.97 Å². The smallest absolute Gasteiger partial charge is 0.413 e. The molecular formula is C19H17N3O7S. The lowest BCUT2D eigenvalue weighted by atomic mass is 10.3. The summed E-state index contributed by atoms with van der Waals surface area (Å²) in [5.41, 5.74) is 1.35. The first kappa shape index (κ1) is 22.5. The maximum atomic E-state index is 12.5. The van der Waals surface area contributed by atoms with Crippen LogP contribution >= 0.6 is 0 Å². The van der Waals surface area contributed by atoms with Gasteiger partial charge >= 0.3 is 18.0 Å². The molecular weight excluding hydrogens is 414 g/mol. The molecule has 0 spiro atoms. The summed E-state index contributed by atoms with van der Waals surface area (Å²) in [6, 6.07) is 14.5. The summed E-state index contributed by atoms with van der Waals surface area (Å²) in [7, 11) is 1.28. The number of rotatable bonds is 5. The Kier molecular flexibility index (Phi) is 7.97. The Morgan fingerprint density at radius 2 is 1.70 bits per heavy atom. The molecule has 0 radical (unpaired) electrons. The minimum absolute atomic E-state index is 0.282. The van der Waals surface area contributed by atoms with Crippen LogP contribution in [0, 0.1) is 0 Å². The number of hydrogen-bond acceptors (Lipinski definition) is 6. The van der Waals surface area contributed by atoms with Crippen molar-refractivity contribution in [3.63, 3.8) is 0 Å². The van der Waals surface area contributed by atoms with Gasteiger partial charge in [-0.15, -0.1) is 0 Å². The third kappa shape index (κ3) is 6.65. The van der Waals surface area contributed by atoms with Crippen molar-refractivity contribution in [2.45, 2.75) is 9.79 Å². The van der Waals surface area contributed by atoms with Gasteiger partial charge in [-0.25, -0.2) is 19.4 Å². The molecule has 1 heterocycles. The van der Waals surface area contributed by atoms with E-state index in [-0.39, 0.29) is 5.95 Å². The molecule has 1 unspecified atom stereocenters. The van der Waals surface area contributed by atoms with Crippen LogP contribution < -0.4 is 5.32 Å². The van der Waals surface area contributed by atoms with Crippen LogP contribution in [-0.2, 0) is 25.5 Å². The SMILES string of the molecule is COC(=O)Nc1nc2cc([S+]([O-])c3ccccc3)ccc2[nH]1.O=C(O)/C=C/C(=O)O. The maximum absolute atomic E-state index is 12.5. The van der Waals surface area contributed by atoms with Crippen LogP contribution in [0.25, 0.3) is 11.0 Å². The Balaban J connectivity index is 0.000000343. The van der Waals surface area contributed by atoms with E-state index in [1.54, 1.807) is 18.2 Å². The molecule has 156 valence electrons. The van der Waals surface area contributed by atoms with E-state index in [1.807, 2.05) is 30.3 Å². The van der Waals surface area contributed by atoms with Gasteiger partial charge in [-0.1, -0.05) is 18.2 Å². The summed E-state index contributed by atoms with van der Waals surface area (Å²) in [6.45, 7) is 0. The molecule has 1 aromatic heterocycles. The number of ether oxygens (including phenoxy) is 1. The number of aromatic nitrogens is 2. The monoisotopic (exact) mass is 431 g/mol. The number of hydrogen-bond donors (Lipinski definition) is 4. The third-order valence-corrected chi connectivity index (χ3v) is 4.78. The van der Waals surface area contributed by atoms with Gasteiger partial charge in [0.05, 0.1) is 18.1 Å². The molecule has 10 nitrogen and oxygen atoms in total. The zero-order chi connectivity index (χ0) is 22.1.